The van der Waals surface area contributed by atoms with Crippen LogP contribution in [0.4, 0.5) is 11.6 Å². The summed E-state index contributed by atoms with van der Waals surface area (Å²) >= 11 is 0. The molecule has 0 radical (unpaired) electrons. The summed E-state index contributed by atoms with van der Waals surface area (Å²) in [7, 11) is 0. The molecule has 0 aliphatic heterocycles. The molecular formula is C23H22N8O. The second-order valence-corrected chi connectivity index (χ2v) is 7.30. The van der Waals surface area contributed by atoms with Gasteiger partial charge in [0.2, 0.25) is 11.8 Å². The van der Waals surface area contributed by atoms with Crippen molar-refractivity contribution in [2.75, 3.05) is 11.9 Å². The molecule has 0 amide bonds. The van der Waals surface area contributed by atoms with Crippen LogP contribution in [0.2, 0.25) is 0 Å². The van der Waals surface area contributed by atoms with Gasteiger partial charge < -0.3 is 10.1 Å². The van der Waals surface area contributed by atoms with Crippen molar-refractivity contribution in [1.29, 1.82) is 5.26 Å². The van der Waals surface area contributed by atoms with Crippen molar-refractivity contribution in [2.24, 2.45) is 0 Å². The lowest BCUT2D eigenvalue weighted by atomic mass is 10.2. The Hall–Kier alpha value is -4.32. The minimum absolute atomic E-state index is 0.275. The molecule has 0 fully saturated rings. The van der Waals surface area contributed by atoms with E-state index in [1.165, 1.54) is 0 Å². The summed E-state index contributed by atoms with van der Waals surface area (Å²) in [4.78, 5) is 17.5. The molecule has 4 rings (SSSR count). The first-order chi connectivity index (χ1) is 15.6. The zero-order chi connectivity index (χ0) is 22.3. The number of aromatic nitrogens is 6. The maximum absolute atomic E-state index is 9.39. The minimum Gasteiger partial charge on any atom is -0.476 e. The van der Waals surface area contributed by atoms with E-state index >= 15 is 0 Å². The Labute approximate surface area is 185 Å². The molecule has 4 aromatic heterocycles. The van der Waals surface area contributed by atoms with Gasteiger partial charge >= 0.3 is 0 Å². The van der Waals surface area contributed by atoms with Gasteiger partial charge in [0.15, 0.2) is 0 Å². The number of anilines is 2. The fourth-order valence-corrected chi connectivity index (χ4v) is 2.93. The van der Waals surface area contributed by atoms with Crippen molar-refractivity contribution in [1.82, 2.24) is 29.7 Å². The van der Waals surface area contributed by atoms with Gasteiger partial charge in [0, 0.05) is 48.5 Å². The standard InChI is InChI=1S/C23H22N8O/c1-16(2)31-15-20(14-28-31)29-23-26-12-18(13-27-23)21-7-6-17(11-24)22(30-21)32-10-8-19-5-3-4-9-25-19/h3-7,9,12-16H,8,10H2,1-2H3,(H,26,27,29). The zero-order valence-electron chi connectivity index (χ0n) is 17.8. The topological polar surface area (TPSA) is 114 Å². The lowest BCUT2D eigenvalue weighted by Crippen LogP contribution is -2.06. The highest BCUT2D eigenvalue weighted by atomic mass is 16.5. The van der Waals surface area contributed by atoms with Gasteiger partial charge in [-0.1, -0.05) is 6.07 Å². The Kier molecular flexibility index (Phi) is 6.32. The van der Waals surface area contributed by atoms with Crippen molar-refractivity contribution in [3.05, 3.63) is 72.6 Å². The van der Waals surface area contributed by atoms with E-state index in [-0.39, 0.29) is 11.9 Å². The number of nitrogens with one attached hydrogen (secondary N) is 1. The van der Waals surface area contributed by atoms with Crippen LogP contribution in [0.5, 0.6) is 5.88 Å². The molecule has 0 bridgehead atoms. The smallest absolute Gasteiger partial charge is 0.232 e. The number of hydrogen-bond donors (Lipinski definition) is 1. The second-order valence-electron chi connectivity index (χ2n) is 7.30. The Bertz CT molecular complexity index is 1210. The van der Waals surface area contributed by atoms with Crippen LogP contribution in [0, 0.1) is 11.3 Å². The van der Waals surface area contributed by atoms with E-state index in [2.05, 4.69) is 50.3 Å². The van der Waals surface area contributed by atoms with E-state index in [4.69, 9.17) is 4.74 Å². The summed E-state index contributed by atoms with van der Waals surface area (Å²) in [5, 5.41) is 16.8. The van der Waals surface area contributed by atoms with E-state index in [0.29, 0.717) is 35.8 Å². The van der Waals surface area contributed by atoms with Gasteiger partial charge in [0.25, 0.3) is 0 Å². The third kappa shape index (κ3) is 5.05. The molecule has 0 unspecified atom stereocenters. The van der Waals surface area contributed by atoms with Crippen LogP contribution < -0.4 is 10.1 Å². The number of pyridine rings is 2. The highest BCUT2D eigenvalue weighted by Gasteiger charge is 2.10. The highest BCUT2D eigenvalue weighted by molar-refractivity contribution is 5.61. The van der Waals surface area contributed by atoms with Crippen LogP contribution in [-0.2, 0) is 6.42 Å². The highest BCUT2D eigenvalue weighted by Crippen LogP contribution is 2.23. The lowest BCUT2D eigenvalue weighted by Gasteiger charge is -2.09. The fraction of sp³-hybridized carbons (Fsp3) is 0.217. The summed E-state index contributed by atoms with van der Waals surface area (Å²) in [6.07, 6.45) is 9.34. The van der Waals surface area contributed by atoms with E-state index < -0.39 is 0 Å². The van der Waals surface area contributed by atoms with E-state index in [0.717, 1.165) is 11.4 Å². The van der Waals surface area contributed by atoms with Gasteiger partial charge in [-0.25, -0.2) is 15.0 Å². The molecule has 0 aliphatic carbocycles. The minimum atomic E-state index is 0.275. The molecule has 0 saturated carbocycles. The van der Waals surface area contributed by atoms with Gasteiger partial charge in [-0.3, -0.25) is 9.67 Å². The quantitative estimate of drug-likeness (QED) is 0.450. The molecule has 4 aromatic rings. The van der Waals surface area contributed by atoms with E-state index in [1.807, 2.05) is 29.1 Å². The summed E-state index contributed by atoms with van der Waals surface area (Å²) in [5.74, 6) is 0.738. The summed E-state index contributed by atoms with van der Waals surface area (Å²) in [5.41, 5.74) is 3.43. The first kappa shape index (κ1) is 20.9. The molecule has 4 heterocycles. The molecule has 1 N–H and O–H groups in total. The summed E-state index contributed by atoms with van der Waals surface area (Å²) < 4.78 is 7.64. The van der Waals surface area contributed by atoms with Gasteiger partial charge in [0.1, 0.15) is 11.6 Å². The van der Waals surface area contributed by atoms with Crippen molar-refractivity contribution in [2.45, 2.75) is 26.3 Å². The van der Waals surface area contributed by atoms with Crippen LogP contribution in [0.15, 0.2) is 61.3 Å². The summed E-state index contributed by atoms with van der Waals surface area (Å²) in [6, 6.07) is 11.6. The lowest BCUT2D eigenvalue weighted by molar-refractivity contribution is 0.307. The fourth-order valence-electron chi connectivity index (χ4n) is 2.93. The third-order valence-electron chi connectivity index (χ3n) is 4.64. The molecule has 32 heavy (non-hydrogen) atoms. The van der Waals surface area contributed by atoms with Crippen LogP contribution in [0.25, 0.3) is 11.3 Å². The molecule has 160 valence electrons. The molecule has 0 aromatic carbocycles. The van der Waals surface area contributed by atoms with Crippen LogP contribution >= 0.6 is 0 Å². The van der Waals surface area contributed by atoms with Gasteiger partial charge in [-0.05, 0) is 38.1 Å². The Morgan fingerprint density at radius 2 is 1.94 bits per heavy atom. The predicted octanol–water partition coefficient (Wildman–Crippen LogP) is 3.95. The monoisotopic (exact) mass is 426 g/mol. The predicted molar refractivity (Wildman–Crippen MR) is 119 cm³/mol. The third-order valence-corrected chi connectivity index (χ3v) is 4.64. The number of nitrogens with zero attached hydrogens (tertiary/aromatic N) is 7. The molecule has 0 atom stereocenters. The molecular weight excluding hydrogens is 404 g/mol. The Morgan fingerprint density at radius 3 is 2.62 bits per heavy atom. The largest absolute Gasteiger partial charge is 0.476 e. The van der Waals surface area contributed by atoms with E-state index in [1.54, 1.807) is 36.9 Å². The zero-order valence-corrected chi connectivity index (χ0v) is 17.8. The number of ether oxygens (including phenoxy) is 1. The Balaban J connectivity index is 1.45. The normalized spacial score (nSPS) is 10.7. The number of hydrogen-bond acceptors (Lipinski definition) is 8. The molecule has 0 saturated heterocycles. The summed E-state index contributed by atoms with van der Waals surface area (Å²) in [6.45, 7) is 4.48. The Morgan fingerprint density at radius 1 is 1.09 bits per heavy atom. The SMILES string of the molecule is CC(C)n1cc(Nc2ncc(-c3ccc(C#N)c(OCCc4ccccn4)n3)cn2)cn1. The van der Waals surface area contributed by atoms with Gasteiger partial charge in [0.05, 0.1) is 24.2 Å². The second kappa shape index (κ2) is 9.66. The van der Waals surface area contributed by atoms with Crippen molar-refractivity contribution >= 4 is 11.6 Å². The number of nitriles is 1. The molecule has 0 aliphatic rings. The average molecular weight is 426 g/mol. The van der Waals surface area contributed by atoms with Gasteiger partial charge in [-0.15, -0.1) is 0 Å². The molecule has 0 spiro atoms. The van der Waals surface area contributed by atoms with E-state index in [9.17, 15) is 5.26 Å². The van der Waals surface area contributed by atoms with Crippen molar-refractivity contribution < 1.29 is 4.74 Å². The molecule has 9 heteroatoms. The maximum Gasteiger partial charge on any atom is 0.232 e. The number of rotatable bonds is 8. The van der Waals surface area contributed by atoms with Crippen molar-refractivity contribution in [3.63, 3.8) is 0 Å². The molecule has 9 nitrogen and oxygen atoms in total. The van der Waals surface area contributed by atoms with Crippen LogP contribution in [-0.4, -0.2) is 36.3 Å². The maximum atomic E-state index is 9.39. The first-order valence-corrected chi connectivity index (χ1v) is 10.2. The van der Waals surface area contributed by atoms with Crippen LogP contribution in [0.1, 0.15) is 31.1 Å². The van der Waals surface area contributed by atoms with Gasteiger partial charge in [-0.2, -0.15) is 10.4 Å². The average Bonchev–Trinajstić information content (AvgIpc) is 3.29. The van der Waals surface area contributed by atoms with Crippen molar-refractivity contribution in [3.8, 4) is 23.2 Å². The van der Waals surface area contributed by atoms with Crippen LogP contribution in [0.3, 0.4) is 0 Å². The first-order valence-electron chi connectivity index (χ1n) is 10.2.